The summed E-state index contributed by atoms with van der Waals surface area (Å²) in [5, 5.41) is 2.74. The number of hydrogen-bond acceptors (Lipinski definition) is 8. The number of anilines is 2. The fraction of sp³-hybridized carbons (Fsp3) is 0.381. The number of hydrogen-bond donors (Lipinski definition) is 1. The summed E-state index contributed by atoms with van der Waals surface area (Å²) in [6.45, 7) is 12.5. The van der Waals surface area contributed by atoms with E-state index >= 15 is 0 Å². The molecule has 2 aromatic carbocycles. The zero-order valence-electron chi connectivity index (χ0n) is 34.7. The fourth-order valence-electron chi connectivity index (χ4n) is 6.10. The Morgan fingerprint density at radius 1 is 0.704 bits per heavy atom. The number of amides is 2. The maximum atomic E-state index is 12.9. The van der Waals surface area contributed by atoms with E-state index in [9.17, 15) is 19.2 Å². The van der Waals surface area contributed by atoms with Crippen LogP contribution in [0, 0.1) is 13.8 Å². The Balaban J connectivity index is 0.000000981. The molecule has 2 heterocycles. The summed E-state index contributed by atoms with van der Waals surface area (Å²) in [7, 11) is 4.26. The Morgan fingerprint density at radius 3 is 1.56 bits per heavy atom. The van der Waals surface area contributed by atoms with Gasteiger partial charge in [-0.2, -0.15) is 0 Å². The van der Waals surface area contributed by atoms with Crippen LogP contribution in [-0.2, 0) is 57.6 Å². The van der Waals surface area contributed by atoms with Crippen LogP contribution >= 0.6 is 22.6 Å². The third-order valence-corrected chi connectivity index (χ3v) is 8.70. The standard InChI is InChI=1S/C21H26N2O3.C20H24N2O3.CH3I.Na.H/c1-6-15-11-14(3)12-16(7-2)18(15)13-19(24)23(4)20-17(21(25)26-5)9-8-10-22-20;1-5-14-10-13(3)11-15(6-2)17(14)12-18(23)22-19-16(20(24)25-4)8-7-9-21-19;1-2;;/h8-12H,6-7,13H2,1-5H3;7-11H,5-6,12H2,1-4H3,(H,21,22,23);1H3;;/q;;;+1;-1. The molecule has 0 bridgehead atoms. The average Bonchev–Trinajstić information content (AvgIpc) is 3.18. The summed E-state index contributed by atoms with van der Waals surface area (Å²) >= 11 is 2.15. The number of aromatic nitrogens is 2. The van der Waals surface area contributed by atoms with Gasteiger partial charge in [0.15, 0.2) is 0 Å². The first-order chi connectivity index (χ1) is 25.4. The molecule has 0 saturated heterocycles. The van der Waals surface area contributed by atoms with Crippen molar-refractivity contribution in [1.29, 1.82) is 0 Å². The summed E-state index contributed by atoms with van der Waals surface area (Å²) < 4.78 is 9.53. The van der Waals surface area contributed by atoms with Crippen molar-refractivity contribution in [2.45, 2.75) is 80.1 Å². The molecule has 0 radical (unpaired) electrons. The van der Waals surface area contributed by atoms with Crippen molar-refractivity contribution >= 4 is 58.0 Å². The van der Waals surface area contributed by atoms with Gasteiger partial charge in [-0.1, -0.05) is 85.7 Å². The number of nitrogens with one attached hydrogen (secondary N) is 1. The van der Waals surface area contributed by atoms with Gasteiger partial charge in [0, 0.05) is 19.4 Å². The SMILES string of the molecule is CCc1cc(C)cc(CC)c1CC(=O)N(C)c1ncccc1C(=O)OC.CCc1cc(C)cc(CC)c1CC(=O)Nc1ncccc1C(=O)OC.CI.[H-].[Na+]. The number of carbonyl (C=O) groups excluding carboxylic acids is 4. The molecule has 0 aliphatic carbocycles. The molecule has 1 N–H and O–H groups in total. The summed E-state index contributed by atoms with van der Waals surface area (Å²) in [6.07, 6.45) is 7.11. The molecule has 2 amide bonds. The van der Waals surface area contributed by atoms with E-state index in [4.69, 9.17) is 9.47 Å². The Morgan fingerprint density at radius 2 is 1.11 bits per heavy atom. The second-order valence-electron chi connectivity index (χ2n) is 12.1. The number of ether oxygens (including phenoxy) is 2. The number of carbonyl (C=O) groups is 4. The predicted octanol–water partition coefficient (Wildman–Crippen LogP) is 5.16. The zero-order chi connectivity index (χ0) is 39.7. The molecule has 54 heavy (non-hydrogen) atoms. The summed E-state index contributed by atoms with van der Waals surface area (Å²) in [6, 6.07) is 15.0. The van der Waals surface area contributed by atoms with Crippen LogP contribution < -0.4 is 39.8 Å². The molecule has 0 aliphatic heterocycles. The van der Waals surface area contributed by atoms with Crippen LogP contribution in [-0.4, -0.2) is 59.9 Å². The Bertz CT molecular complexity index is 1840. The van der Waals surface area contributed by atoms with Gasteiger partial charge in [-0.05, 0) is 102 Å². The second-order valence-corrected chi connectivity index (χ2v) is 12.1. The van der Waals surface area contributed by atoms with E-state index in [1.54, 1.807) is 37.5 Å². The number of aryl methyl sites for hydroxylation is 6. The third-order valence-electron chi connectivity index (χ3n) is 8.70. The minimum Gasteiger partial charge on any atom is -1.00 e. The number of pyridine rings is 2. The van der Waals surface area contributed by atoms with E-state index < -0.39 is 11.9 Å². The monoisotopic (exact) mass is 860 g/mol. The fourth-order valence-corrected chi connectivity index (χ4v) is 6.10. The first kappa shape index (κ1) is 48.4. The van der Waals surface area contributed by atoms with Crippen LogP contribution in [0.1, 0.15) is 94.3 Å². The molecule has 0 atom stereocenters. The van der Waals surface area contributed by atoms with E-state index in [1.807, 2.05) is 4.93 Å². The minimum atomic E-state index is -0.526. The quantitative estimate of drug-likeness (QED) is 0.0897. The van der Waals surface area contributed by atoms with Gasteiger partial charge in [-0.3, -0.25) is 14.5 Å². The molecule has 0 unspecified atom stereocenters. The summed E-state index contributed by atoms with van der Waals surface area (Å²) in [4.78, 5) is 61.0. The summed E-state index contributed by atoms with van der Waals surface area (Å²) in [5.74, 6) is -0.803. The smallest absolute Gasteiger partial charge is 1.00 e. The molecule has 2 aromatic heterocycles. The van der Waals surface area contributed by atoms with E-state index in [2.05, 4.69) is 104 Å². The number of nitrogens with zero attached hydrogens (tertiary/aromatic N) is 3. The number of halogens is 1. The van der Waals surface area contributed by atoms with E-state index in [0.717, 1.165) is 36.8 Å². The van der Waals surface area contributed by atoms with Crippen molar-refractivity contribution in [3.05, 3.63) is 117 Å². The zero-order valence-corrected chi connectivity index (χ0v) is 37.8. The van der Waals surface area contributed by atoms with Crippen molar-refractivity contribution in [2.75, 3.05) is 36.4 Å². The van der Waals surface area contributed by atoms with Gasteiger partial charge >= 0.3 is 41.5 Å². The number of likely N-dealkylation sites (N-methyl/N-ethyl adjacent to an activating group) is 1. The molecule has 4 aromatic rings. The van der Waals surface area contributed by atoms with Crippen molar-refractivity contribution in [3.8, 4) is 0 Å². The largest absolute Gasteiger partial charge is 1.00 e. The number of esters is 2. The molecule has 0 aliphatic rings. The van der Waals surface area contributed by atoms with Crippen molar-refractivity contribution in [3.63, 3.8) is 0 Å². The third kappa shape index (κ3) is 13.3. The molecule has 0 spiro atoms. The van der Waals surface area contributed by atoms with Gasteiger partial charge in [0.05, 0.1) is 27.1 Å². The van der Waals surface area contributed by atoms with Crippen LogP contribution in [0.4, 0.5) is 11.6 Å². The van der Waals surface area contributed by atoms with E-state index in [-0.39, 0.29) is 72.6 Å². The first-order valence-electron chi connectivity index (χ1n) is 17.7. The van der Waals surface area contributed by atoms with Gasteiger partial charge in [0.2, 0.25) is 11.8 Å². The maximum Gasteiger partial charge on any atom is 1.00 e. The molecular formula is C42H54IN4NaO6. The van der Waals surface area contributed by atoms with Gasteiger partial charge in [0.1, 0.15) is 22.8 Å². The Labute approximate surface area is 358 Å². The topological polar surface area (TPSA) is 128 Å². The van der Waals surface area contributed by atoms with E-state index in [1.165, 1.54) is 58.7 Å². The van der Waals surface area contributed by atoms with Crippen LogP contribution in [0.2, 0.25) is 0 Å². The van der Waals surface area contributed by atoms with Crippen LogP contribution in [0.15, 0.2) is 60.9 Å². The molecule has 12 heteroatoms. The van der Waals surface area contributed by atoms with Crippen molar-refractivity contribution in [1.82, 2.24) is 9.97 Å². The number of methoxy groups -OCH3 is 2. The van der Waals surface area contributed by atoms with Crippen molar-refractivity contribution in [2.24, 2.45) is 0 Å². The van der Waals surface area contributed by atoms with Gasteiger partial charge in [-0.25, -0.2) is 19.6 Å². The van der Waals surface area contributed by atoms with Gasteiger partial charge < -0.3 is 16.2 Å². The Hall–Kier alpha value is -3.65. The first-order valence-corrected chi connectivity index (χ1v) is 19.8. The minimum absolute atomic E-state index is 0. The molecule has 0 fully saturated rings. The average molecular weight is 861 g/mol. The molecular weight excluding hydrogens is 806 g/mol. The Kier molecular flexibility index (Phi) is 22.1. The number of alkyl halides is 1. The normalized spacial score (nSPS) is 9.98. The van der Waals surface area contributed by atoms with Crippen molar-refractivity contribution < 1.29 is 59.6 Å². The summed E-state index contributed by atoms with van der Waals surface area (Å²) in [5.41, 5.74) is 9.82. The number of rotatable bonds is 12. The predicted molar refractivity (Wildman–Crippen MR) is 222 cm³/mol. The van der Waals surface area contributed by atoms with Crippen LogP contribution in [0.25, 0.3) is 0 Å². The second kappa shape index (κ2) is 24.7. The van der Waals surface area contributed by atoms with E-state index in [0.29, 0.717) is 5.82 Å². The molecule has 4 rings (SSSR count). The van der Waals surface area contributed by atoms with Gasteiger partial charge in [0.25, 0.3) is 0 Å². The number of benzene rings is 2. The molecule has 10 nitrogen and oxygen atoms in total. The molecule has 286 valence electrons. The molecule has 0 saturated carbocycles. The van der Waals surface area contributed by atoms with Gasteiger partial charge in [-0.15, -0.1) is 0 Å². The van der Waals surface area contributed by atoms with Crippen LogP contribution in [0.5, 0.6) is 0 Å². The van der Waals surface area contributed by atoms with Crippen LogP contribution in [0.3, 0.4) is 0 Å². The maximum absolute atomic E-state index is 12.9.